The van der Waals surface area contributed by atoms with Crippen molar-refractivity contribution in [2.45, 2.75) is 13.3 Å². The third kappa shape index (κ3) is 5.48. The fourth-order valence-corrected chi connectivity index (χ4v) is 1.86. The summed E-state index contributed by atoms with van der Waals surface area (Å²) < 4.78 is 18.4. The van der Waals surface area contributed by atoms with E-state index < -0.39 is 0 Å². The van der Waals surface area contributed by atoms with Crippen LogP contribution in [-0.4, -0.2) is 26.8 Å². The topological polar surface area (TPSA) is 21.3 Å². The zero-order valence-electron chi connectivity index (χ0n) is 10.3. The summed E-state index contributed by atoms with van der Waals surface area (Å²) in [5, 5.41) is 3.84. The minimum atomic E-state index is -0.182. The van der Waals surface area contributed by atoms with Crippen LogP contribution in [0.25, 0.3) is 0 Å². The summed E-state index contributed by atoms with van der Waals surface area (Å²) in [4.78, 5) is 0. The van der Waals surface area contributed by atoms with Crippen LogP contribution in [-0.2, 0) is 11.2 Å². The molecule has 0 bridgehead atoms. The highest BCUT2D eigenvalue weighted by Gasteiger charge is 2.08. The van der Waals surface area contributed by atoms with E-state index in [1.165, 1.54) is 6.07 Å². The molecule has 0 aliphatic heterocycles. The van der Waals surface area contributed by atoms with Crippen molar-refractivity contribution in [3.8, 4) is 0 Å². The average molecular weight is 260 g/mol. The number of hydrogen-bond donors (Lipinski definition) is 1. The number of rotatable bonds is 7. The molecule has 0 fully saturated rings. The number of ether oxygens (including phenoxy) is 1. The van der Waals surface area contributed by atoms with Crippen LogP contribution in [0.4, 0.5) is 4.39 Å². The van der Waals surface area contributed by atoms with Crippen molar-refractivity contribution in [2.75, 3.05) is 26.8 Å². The molecule has 17 heavy (non-hydrogen) atoms. The van der Waals surface area contributed by atoms with E-state index in [4.69, 9.17) is 16.3 Å². The summed E-state index contributed by atoms with van der Waals surface area (Å²) in [6.07, 6.45) is 0.687. The van der Waals surface area contributed by atoms with Crippen molar-refractivity contribution in [3.63, 3.8) is 0 Å². The lowest BCUT2D eigenvalue weighted by Gasteiger charge is -2.13. The predicted octanol–water partition coefficient (Wildman–Crippen LogP) is 2.89. The van der Waals surface area contributed by atoms with Gasteiger partial charge in [0, 0.05) is 18.7 Å². The van der Waals surface area contributed by atoms with Gasteiger partial charge in [-0.15, -0.1) is 0 Å². The summed E-state index contributed by atoms with van der Waals surface area (Å²) in [6.45, 7) is 4.44. The lowest BCUT2D eigenvalue weighted by Crippen LogP contribution is -2.25. The summed E-state index contributed by atoms with van der Waals surface area (Å²) >= 11 is 5.85. The van der Waals surface area contributed by atoms with Crippen molar-refractivity contribution >= 4 is 11.6 Å². The van der Waals surface area contributed by atoms with Crippen molar-refractivity contribution in [3.05, 3.63) is 34.6 Å². The molecule has 1 rings (SSSR count). The Morgan fingerprint density at radius 1 is 1.47 bits per heavy atom. The second-order valence-electron chi connectivity index (χ2n) is 4.24. The van der Waals surface area contributed by atoms with Gasteiger partial charge in [-0.3, -0.25) is 0 Å². The molecule has 2 nitrogen and oxygen atoms in total. The molecule has 0 aromatic heterocycles. The Labute approximate surface area is 107 Å². The average Bonchev–Trinajstić information content (AvgIpc) is 2.29. The van der Waals surface area contributed by atoms with Crippen LogP contribution in [0.5, 0.6) is 0 Å². The highest BCUT2D eigenvalue weighted by Crippen LogP contribution is 2.17. The van der Waals surface area contributed by atoms with Gasteiger partial charge >= 0.3 is 0 Å². The number of hydrogen-bond acceptors (Lipinski definition) is 2. The van der Waals surface area contributed by atoms with E-state index in [2.05, 4.69) is 12.2 Å². The molecule has 4 heteroatoms. The third-order valence-corrected chi connectivity index (χ3v) is 2.79. The molecule has 1 N–H and O–H groups in total. The van der Waals surface area contributed by atoms with E-state index in [0.29, 0.717) is 29.5 Å². The molecule has 0 aliphatic rings. The van der Waals surface area contributed by atoms with Gasteiger partial charge < -0.3 is 10.1 Å². The van der Waals surface area contributed by atoms with Crippen molar-refractivity contribution in [2.24, 2.45) is 5.92 Å². The normalized spacial score (nSPS) is 12.7. The SMILES string of the molecule is COCCNCC(C)Cc1cc(Cl)ccc1F. The number of benzene rings is 1. The second kappa shape index (κ2) is 7.64. The second-order valence-corrected chi connectivity index (χ2v) is 4.68. The van der Waals surface area contributed by atoms with Crippen LogP contribution in [0, 0.1) is 11.7 Å². The van der Waals surface area contributed by atoms with E-state index in [1.807, 2.05) is 0 Å². The predicted molar refractivity (Wildman–Crippen MR) is 69.0 cm³/mol. The van der Waals surface area contributed by atoms with E-state index in [9.17, 15) is 4.39 Å². The maximum Gasteiger partial charge on any atom is 0.126 e. The molecule has 0 heterocycles. The number of nitrogens with one attached hydrogen (secondary N) is 1. The van der Waals surface area contributed by atoms with E-state index in [0.717, 1.165) is 13.1 Å². The Hall–Kier alpha value is -0.640. The van der Waals surface area contributed by atoms with Crippen LogP contribution in [0.2, 0.25) is 5.02 Å². The highest BCUT2D eigenvalue weighted by molar-refractivity contribution is 6.30. The lowest BCUT2D eigenvalue weighted by molar-refractivity contribution is 0.198. The molecule has 0 aliphatic carbocycles. The van der Waals surface area contributed by atoms with Crippen LogP contribution in [0.3, 0.4) is 0 Å². The number of halogens is 2. The summed E-state index contributed by atoms with van der Waals surface area (Å²) in [5.74, 6) is 0.179. The van der Waals surface area contributed by atoms with Gasteiger partial charge in [-0.1, -0.05) is 18.5 Å². The molecule has 0 saturated carbocycles. The van der Waals surface area contributed by atoms with Crippen molar-refractivity contribution < 1.29 is 9.13 Å². The fourth-order valence-electron chi connectivity index (χ4n) is 1.67. The fraction of sp³-hybridized carbons (Fsp3) is 0.538. The van der Waals surface area contributed by atoms with Crippen LogP contribution in [0.1, 0.15) is 12.5 Å². The monoisotopic (exact) mass is 259 g/mol. The summed E-state index contributed by atoms with van der Waals surface area (Å²) in [6, 6.07) is 4.69. The van der Waals surface area contributed by atoms with E-state index >= 15 is 0 Å². The molecule has 1 unspecified atom stereocenters. The van der Waals surface area contributed by atoms with E-state index in [-0.39, 0.29) is 5.82 Å². The van der Waals surface area contributed by atoms with Gasteiger partial charge in [0.15, 0.2) is 0 Å². The zero-order valence-corrected chi connectivity index (χ0v) is 11.1. The van der Waals surface area contributed by atoms with Crippen molar-refractivity contribution in [1.29, 1.82) is 0 Å². The molecule has 0 saturated heterocycles. The maximum absolute atomic E-state index is 13.5. The molecule has 0 spiro atoms. The van der Waals surface area contributed by atoms with Crippen molar-refractivity contribution in [1.82, 2.24) is 5.32 Å². The Morgan fingerprint density at radius 2 is 2.24 bits per heavy atom. The van der Waals surface area contributed by atoms with Gasteiger partial charge in [0.2, 0.25) is 0 Å². The smallest absolute Gasteiger partial charge is 0.126 e. The maximum atomic E-state index is 13.5. The van der Waals surface area contributed by atoms with Gasteiger partial charge in [-0.25, -0.2) is 4.39 Å². The Kier molecular flexibility index (Phi) is 6.48. The first-order chi connectivity index (χ1) is 8.13. The van der Waals surface area contributed by atoms with Gasteiger partial charge in [-0.2, -0.15) is 0 Å². The molecule has 0 amide bonds. The highest BCUT2D eigenvalue weighted by atomic mass is 35.5. The third-order valence-electron chi connectivity index (χ3n) is 2.55. The number of methoxy groups -OCH3 is 1. The first kappa shape index (κ1) is 14.4. The molecule has 1 aromatic rings. The molecule has 1 aromatic carbocycles. The molecule has 96 valence electrons. The standard InChI is InChI=1S/C13H19ClFNO/c1-10(9-16-5-6-17-2)7-11-8-12(14)3-4-13(11)15/h3-4,8,10,16H,5-7,9H2,1-2H3. The van der Waals surface area contributed by atoms with Gasteiger partial charge in [-0.05, 0) is 42.6 Å². The minimum Gasteiger partial charge on any atom is -0.383 e. The molecule has 0 radical (unpaired) electrons. The molecular formula is C13H19ClFNO. The Morgan fingerprint density at radius 3 is 2.94 bits per heavy atom. The zero-order chi connectivity index (χ0) is 12.7. The minimum absolute atomic E-state index is 0.182. The van der Waals surface area contributed by atoms with Gasteiger partial charge in [0.05, 0.1) is 6.61 Å². The van der Waals surface area contributed by atoms with Gasteiger partial charge in [0.25, 0.3) is 0 Å². The largest absolute Gasteiger partial charge is 0.383 e. The van der Waals surface area contributed by atoms with Gasteiger partial charge in [0.1, 0.15) is 5.82 Å². The summed E-state index contributed by atoms with van der Waals surface area (Å²) in [5.41, 5.74) is 0.679. The Balaban J connectivity index is 2.39. The van der Waals surface area contributed by atoms with Crippen LogP contribution in [0.15, 0.2) is 18.2 Å². The Bertz CT molecular complexity index is 346. The van der Waals surface area contributed by atoms with Crippen LogP contribution >= 0.6 is 11.6 Å². The first-order valence-electron chi connectivity index (χ1n) is 5.77. The quantitative estimate of drug-likeness (QED) is 0.761. The molecular weight excluding hydrogens is 241 g/mol. The summed E-state index contributed by atoms with van der Waals surface area (Å²) in [7, 11) is 1.67. The lowest BCUT2D eigenvalue weighted by atomic mass is 10.0. The van der Waals surface area contributed by atoms with Crippen LogP contribution < -0.4 is 5.32 Å². The molecule has 1 atom stereocenters. The first-order valence-corrected chi connectivity index (χ1v) is 6.15. The van der Waals surface area contributed by atoms with E-state index in [1.54, 1.807) is 19.2 Å².